The smallest absolute Gasteiger partial charge is 0.109 e. The van der Waals surface area contributed by atoms with Gasteiger partial charge in [0, 0.05) is 19.5 Å². The summed E-state index contributed by atoms with van der Waals surface area (Å²) >= 11 is 0. The highest BCUT2D eigenvalue weighted by Crippen LogP contribution is 2.19. The van der Waals surface area contributed by atoms with Crippen molar-refractivity contribution in [1.29, 1.82) is 0 Å². The molecule has 0 radical (unpaired) electrons. The minimum atomic E-state index is 0.196. The van der Waals surface area contributed by atoms with Crippen LogP contribution in [0.1, 0.15) is 32.2 Å². The van der Waals surface area contributed by atoms with E-state index in [9.17, 15) is 0 Å². The van der Waals surface area contributed by atoms with Crippen LogP contribution in [0.4, 0.5) is 0 Å². The van der Waals surface area contributed by atoms with E-state index < -0.39 is 0 Å². The van der Waals surface area contributed by atoms with Crippen molar-refractivity contribution in [2.75, 3.05) is 0 Å². The molecular formula is C15H23N3. The summed E-state index contributed by atoms with van der Waals surface area (Å²) in [7, 11) is 2.10. The molecule has 0 bridgehead atoms. The molecule has 0 saturated heterocycles. The molecule has 3 nitrogen and oxygen atoms in total. The Morgan fingerprint density at radius 3 is 2.56 bits per heavy atom. The second-order valence-corrected chi connectivity index (χ2v) is 5.69. The van der Waals surface area contributed by atoms with Crippen molar-refractivity contribution >= 4 is 11.0 Å². The Balaban J connectivity index is 2.38. The van der Waals surface area contributed by atoms with E-state index in [4.69, 9.17) is 10.7 Å². The number of nitrogens with two attached hydrogens (primary N) is 1. The summed E-state index contributed by atoms with van der Waals surface area (Å²) in [6.07, 6.45) is 1.93. The molecule has 1 unspecified atom stereocenters. The van der Waals surface area contributed by atoms with E-state index in [1.165, 1.54) is 11.1 Å². The third-order valence-corrected chi connectivity index (χ3v) is 3.19. The molecule has 1 heterocycles. The lowest BCUT2D eigenvalue weighted by atomic mass is 10.1. The maximum absolute atomic E-state index is 5.84. The molecular weight excluding hydrogens is 222 g/mol. The van der Waals surface area contributed by atoms with E-state index in [2.05, 4.69) is 43.7 Å². The average molecular weight is 245 g/mol. The van der Waals surface area contributed by atoms with Gasteiger partial charge >= 0.3 is 0 Å². The van der Waals surface area contributed by atoms with Crippen molar-refractivity contribution in [3.8, 4) is 0 Å². The summed E-state index contributed by atoms with van der Waals surface area (Å²) in [5.74, 6) is 1.79. The molecule has 18 heavy (non-hydrogen) atoms. The molecule has 0 aliphatic rings. The third kappa shape index (κ3) is 2.72. The van der Waals surface area contributed by atoms with Crippen LogP contribution < -0.4 is 5.73 Å². The van der Waals surface area contributed by atoms with Crippen LogP contribution in [0.25, 0.3) is 11.0 Å². The lowest BCUT2D eigenvalue weighted by Crippen LogP contribution is -2.17. The van der Waals surface area contributed by atoms with Gasteiger partial charge in [0.1, 0.15) is 5.82 Å². The number of fused-ring (bicyclic) bond motifs is 1. The Morgan fingerprint density at radius 2 is 1.94 bits per heavy atom. The molecule has 2 N–H and O–H groups in total. The fourth-order valence-electron chi connectivity index (χ4n) is 2.34. The molecule has 0 amide bonds. The first-order chi connectivity index (χ1) is 8.47. The predicted octanol–water partition coefficient (Wildman–Crippen LogP) is 2.66. The maximum atomic E-state index is 5.84. The molecule has 2 aromatic rings. The highest BCUT2D eigenvalue weighted by Gasteiger charge is 2.10. The van der Waals surface area contributed by atoms with Gasteiger partial charge in [-0.25, -0.2) is 4.98 Å². The van der Waals surface area contributed by atoms with Crippen molar-refractivity contribution in [2.24, 2.45) is 18.7 Å². The Labute approximate surface area is 109 Å². The van der Waals surface area contributed by atoms with Crippen molar-refractivity contribution < 1.29 is 0 Å². The lowest BCUT2D eigenvalue weighted by molar-refractivity contribution is 0.606. The van der Waals surface area contributed by atoms with Gasteiger partial charge in [-0.1, -0.05) is 19.9 Å². The number of rotatable bonds is 4. The number of nitrogens with zero attached hydrogens (tertiary/aromatic N) is 2. The van der Waals surface area contributed by atoms with Crippen LogP contribution in [0.3, 0.4) is 0 Å². The molecule has 1 atom stereocenters. The minimum absolute atomic E-state index is 0.196. The van der Waals surface area contributed by atoms with Crippen molar-refractivity contribution in [3.05, 3.63) is 29.6 Å². The molecule has 1 aromatic carbocycles. The summed E-state index contributed by atoms with van der Waals surface area (Å²) < 4.78 is 2.20. The SMILES string of the molecule is CC(C)Cc1nc2cc(CC(C)N)ccc2n1C. The van der Waals surface area contributed by atoms with E-state index in [1.807, 2.05) is 6.92 Å². The van der Waals surface area contributed by atoms with Gasteiger partial charge in [0.05, 0.1) is 11.0 Å². The van der Waals surface area contributed by atoms with Crippen molar-refractivity contribution in [2.45, 2.75) is 39.7 Å². The standard InChI is InChI=1S/C15H23N3/c1-10(2)7-15-17-13-9-12(8-11(3)16)5-6-14(13)18(15)4/h5-6,9-11H,7-8,16H2,1-4H3. The van der Waals surface area contributed by atoms with Gasteiger partial charge in [0.15, 0.2) is 0 Å². The Bertz CT molecular complexity index is 538. The van der Waals surface area contributed by atoms with Crippen molar-refractivity contribution in [1.82, 2.24) is 9.55 Å². The Kier molecular flexibility index (Phi) is 3.71. The van der Waals surface area contributed by atoms with Gasteiger partial charge in [-0.3, -0.25) is 0 Å². The molecule has 3 heteroatoms. The van der Waals surface area contributed by atoms with Crippen molar-refractivity contribution in [3.63, 3.8) is 0 Å². The first-order valence-electron chi connectivity index (χ1n) is 6.67. The van der Waals surface area contributed by atoms with Gasteiger partial charge in [0.25, 0.3) is 0 Å². The summed E-state index contributed by atoms with van der Waals surface area (Å²) in [6.45, 7) is 6.48. The zero-order valence-electron chi connectivity index (χ0n) is 11.8. The molecule has 0 aliphatic carbocycles. The number of aromatic nitrogens is 2. The first-order valence-corrected chi connectivity index (χ1v) is 6.67. The number of benzene rings is 1. The number of hydrogen-bond donors (Lipinski definition) is 1. The van der Waals surface area contributed by atoms with Gasteiger partial charge in [-0.05, 0) is 37.0 Å². The number of hydrogen-bond acceptors (Lipinski definition) is 2. The molecule has 0 aliphatic heterocycles. The number of imidazole rings is 1. The quantitative estimate of drug-likeness (QED) is 0.900. The van der Waals surface area contributed by atoms with Crippen LogP contribution in [0.5, 0.6) is 0 Å². The summed E-state index contributed by atoms with van der Waals surface area (Å²) in [6, 6.07) is 6.68. The first kappa shape index (κ1) is 13.1. The molecule has 98 valence electrons. The van der Waals surface area contributed by atoms with Crippen LogP contribution >= 0.6 is 0 Å². The van der Waals surface area contributed by atoms with Gasteiger partial charge in [-0.15, -0.1) is 0 Å². The normalized spacial score (nSPS) is 13.4. The largest absolute Gasteiger partial charge is 0.331 e. The zero-order valence-corrected chi connectivity index (χ0v) is 11.8. The zero-order chi connectivity index (χ0) is 13.3. The molecule has 0 spiro atoms. The molecule has 0 fully saturated rings. The molecule has 2 rings (SSSR count). The Morgan fingerprint density at radius 1 is 1.22 bits per heavy atom. The average Bonchev–Trinajstić information content (AvgIpc) is 2.54. The fraction of sp³-hybridized carbons (Fsp3) is 0.533. The van der Waals surface area contributed by atoms with E-state index >= 15 is 0 Å². The highest BCUT2D eigenvalue weighted by molar-refractivity contribution is 5.76. The third-order valence-electron chi connectivity index (χ3n) is 3.19. The predicted molar refractivity (Wildman–Crippen MR) is 76.6 cm³/mol. The van der Waals surface area contributed by atoms with Crippen LogP contribution in [0, 0.1) is 5.92 Å². The van der Waals surface area contributed by atoms with Gasteiger partial charge in [-0.2, -0.15) is 0 Å². The maximum Gasteiger partial charge on any atom is 0.109 e. The van der Waals surface area contributed by atoms with E-state index in [0.717, 1.165) is 24.2 Å². The van der Waals surface area contributed by atoms with Crippen LogP contribution in [-0.2, 0) is 19.9 Å². The lowest BCUT2D eigenvalue weighted by Gasteiger charge is -2.05. The van der Waals surface area contributed by atoms with E-state index in [1.54, 1.807) is 0 Å². The molecule has 0 saturated carbocycles. The highest BCUT2D eigenvalue weighted by atomic mass is 15.1. The number of aryl methyl sites for hydroxylation is 1. The van der Waals surface area contributed by atoms with Crippen LogP contribution in [0.15, 0.2) is 18.2 Å². The summed E-state index contributed by atoms with van der Waals surface area (Å²) in [5, 5.41) is 0. The fourth-order valence-corrected chi connectivity index (χ4v) is 2.34. The topological polar surface area (TPSA) is 43.8 Å². The van der Waals surface area contributed by atoms with Crippen LogP contribution in [-0.4, -0.2) is 15.6 Å². The second-order valence-electron chi connectivity index (χ2n) is 5.69. The van der Waals surface area contributed by atoms with Crippen LogP contribution in [0.2, 0.25) is 0 Å². The molecule has 1 aromatic heterocycles. The minimum Gasteiger partial charge on any atom is -0.331 e. The summed E-state index contributed by atoms with van der Waals surface area (Å²) in [4.78, 5) is 4.74. The monoisotopic (exact) mass is 245 g/mol. The summed E-state index contributed by atoms with van der Waals surface area (Å²) in [5.41, 5.74) is 9.41. The van der Waals surface area contributed by atoms with Gasteiger partial charge in [0.2, 0.25) is 0 Å². The second kappa shape index (κ2) is 5.11. The Hall–Kier alpha value is -1.35. The van der Waals surface area contributed by atoms with E-state index in [0.29, 0.717) is 5.92 Å². The van der Waals surface area contributed by atoms with E-state index in [-0.39, 0.29) is 6.04 Å². The van der Waals surface area contributed by atoms with Gasteiger partial charge < -0.3 is 10.3 Å².